The molecule has 188 valence electrons. The average Bonchev–Trinajstić information content (AvgIpc) is 3.02. The Balaban J connectivity index is 1.27. The van der Waals surface area contributed by atoms with Crippen LogP contribution in [0.15, 0.2) is 36.5 Å². The van der Waals surface area contributed by atoms with E-state index in [0.29, 0.717) is 44.2 Å². The Morgan fingerprint density at radius 1 is 1.09 bits per heavy atom. The van der Waals surface area contributed by atoms with Gasteiger partial charge in [0, 0.05) is 62.0 Å². The number of benzene rings is 1. The number of nitrogens with zero attached hydrogens (tertiary/aromatic N) is 5. The van der Waals surface area contributed by atoms with Crippen LogP contribution in [0.2, 0.25) is 0 Å². The van der Waals surface area contributed by atoms with E-state index in [2.05, 4.69) is 15.2 Å². The molecule has 3 aliphatic rings. The second-order valence-corrected chi connectivity index (χ2v) is 11.6. The van der Waals surface area contributed by atoms with E-state index < -0.39 is 10.6 Å². The lowest BCUT2D eigenvalue weighted by atomic mass is 10.0. The third-order valence-electron chi connectivity index (χ3n) is 7.13. The van der Waals surface area contributed by atoms with Gasteiger partial charge in [-0.2, -0.15) is 0 Å². The van der Waals surface area contributed by atoms with Crippen LogP contribution in [-0.4, -0.2) is 85.4 Å². The van der Waals surface area contributed by atoms with Crippen LogP contribution in [0.5, 0.6) is 0 Å². The molecule has 0 aliphatic carbocycles. The summed E-state index contributed by atoms with van der Waals surface area (Å²) in [5.41, 5.74) is 2.52. The van der Waals surface area contributed by atoms with Gasteiger partial charge in [0.2, 0.25) is 0 Å². The molecule has 12 heteroatoms. The largest absolute Gasteiger partial charge is 0.768 e. The zero-order chi connectivity index (χ0) is 24.6. The minimum absolute atomic E-state index is 0.00998. The summed E-state index contributed by atoms with van der Waals surface area (Å²) in [5, 5.41) is 12.6. The SMILES string of the molecule is O=C1Nc2ccccc2CCN1C1CCN(c2cc(N3CCS([O-])(O)CC3)c([N+](=O)O)cn2)CC1. The number of aromatic nitrogens is 1. The summed E-state index contributed by atoms with van der Waals surface area (Å²) in [6, 6.07) is 9.70. The highest BCUT2D eigenvalue weighted by Gasteiger charge is 2.32. The predicted molar refractivity (Wildman–Crippen MR) is 133 cm³/mol. The Morgan fingerprint density at radius 2 is 1.80 bits per heavy atom. The number of anilines is 3. The van der Waals surface area contributed by atoms with Crippen LogP contribution >= 0.6 is 10.6 Å². The fraction of sp³-hybridized carbons (Fsp3) is 0.478. The highest BCUT2D eigenvalue weighted by Crippen LogP contribution is 2.42. The van der Waals surface area contributed by atoms with E-state index in [1.807, 2.05) is 34.1 Å². The van der Waals surface area contributed by atoms with Crippen molar-refractivity contribution in [3.05, 3.63) is 47.0 Å². The highest BCUT2D eigenvalue weighted by atomic mass is 32.3. The topological polar surface area (TPSA) is 135 Å². The zero-order valence-electron chi connectivity index (χ0n) is 19.4. The number of rotatable bonds is 4. The Bertz CT molecular complexity index is 1110. The van der Waals surface area contributed by atoms with Crippen molar-refractivity contribution < 1.29 is 24.0 Å². The summed E-state index contributed by atoms with van der Waals surface area (Å²) in [6.45, 7) is 2.68. The smallest absolute Gasteiger partial charge is 0.357 e. The van der Waals surface area contributed by atoms with Crippen LogP contribution in [-0.2, 0) is 6.42 Å². The van der Waals surface area contributed by atoms with Crippen LogP contribution in [0, 0.1) is 4.91 Å². The average molecular weight is 503 g/mol. The molecule has 0 spiro atoms. The third kappa shape index (κ3) is 5.00. The van der Waals surface area contributed by atoms with Crippen molar-refractivity contribution in [2.24, 2.45) is 0 Å². The summed E-state index contributed by atoms with van der Waals surface area (Å²) in [5.74, 6) is 0.899. The first-order valence-electron chi connectivity index (χ1n) is 11.8. The van der Waals surface area contributed by atoms with Gasteiger partial charge in [0.1, 0.15) is 17.7 Å². The molecule has 1 aromatic carbocycles. The Hall–Kier alpha value is -3.09. The van der Waals surface area contributed by atoms with Gasteiger partial charge in [0.05, 0.1) is 4.91 Å². The molecule has 2 fully saturated rings. The van der Waals surface area contributed by atoms with Gasteiger partial charge in [-0.15, -0.1) is 0 Å². The fourth-order valence-corrected chi connectivity index (χ4v) is 6.32. The van der Waals surface area contributed by atoms with Crippen molar-refractivity contribution in [1.29, 1.82) is 0 Å². The van der Waals surface area contributed by atoms with Crippen LogP contribution in [0.25, 0.3) is 0 Å². The number of hydrogen-bond donors (Lipinski definition) is 3. The molecule has 0 bridgehead atoms. The normalized spacial score (nSPS) is 21.7. The summed E-state index contributed by atoms with van der Waals surface area (Å²) < 4.78 is 21.8. The van der Waals surface area contributed by atoms with Crippen LogP contribution in [0.4, 0.5) is 27.7 Å². The molecule has 0 unspecified atom stereocenters. The van der Waals surface area contributed by atoms with Crippen molar-refractivity contribution in [3.8, 4) is 0 Å². The Kier molecular flexibility index (Phi) is 6.43. The van der Waals surface area contributed by atoms with Gasteiger partial charge in [0.25, 0.3) is 4.92 Å². The molecule has 0 atom stereocenters. The van der Waals surface area contributed by atoms with E-state index in [0.717, 1.165) is 30.5 Å². The maximum atomic E-state index is 12.9. The molecule has 35 heavy (non-hydrogen) atoms. The maximum Gasteiger partial charge on any atom is 0.357 e. The molecule has 5 rings (SSSR count). The second-order valence-electron chi connectivity index (χ2n) is 9.22. The number of hydrogen-bond acceptors (Lipinski definition) is 7. The van der Waals surface area contributed by atoms with E-state index in [1.165, 1.54) is 6.20 Å². The lowest BCUT2D eigenvalue weighted by molar-refractivity contribution is -0.729. The Labute approximate surface area is 205 Å². The van der Waals surface area contributed by atoms with Gasteiger partial charge < -0.3 is 39.7 Å². The van der Waals surface area contributed by atoms with E-state index in [4.69, 9.17) is 0 Å². The first-order chi connectivity index (χ1) is 16.8. The minimum Gasteiger partial charge on any atom is -0.768 e. The van der Waals surface area contributed by atoms with Crippen molar-refractivity contribution in [2.75, 3.05) is 59.3 Å². The molecule has 0 radical (unpaired) electrons. The molecule has 0 saturated carbocycles. The number of piperidine rings is 1. The van der Waals surface area contributed by atoms with E-state index >= 15 is 0 Å². The number of carbonyl (C=O) groups is 1. The summed E-state index contributed by atoms with van der Waals surface area (Å²) in [7, 11) is -2.84. The van der Waals surface area contributed by atoms with Crippen LogP contribution < -0.4 is 15.1 Å². The van der Waals surface area contributed by atoms with Crippen molar-refractivity contribution >= 4 is 39.5 Å². The van der Waals surface area contributed by atoms with Crippen LogP contribution in [0.1, 0.15) is 18.4 Å². The van der Waals surface area contributed by atoms with E-state index in [-0.39, 0.29) is 34.2 Å². The number of para-hydroxylation sites is 1. The lowest BCUT2D eigenvalue weighted by Crippen LogP contribution is -2.49. The third-order valence-corrected chi connectivity index (χ3v) is 8.77. The highest BCUT2D eigenvalue weighted by molar-refractivity contribution is 8.24. The molecule has 3 aliphatic heterocycles. The minimum atomic E-state index is -2.84. The van der Waals surface area contributed by atoms with Gasteiger partial charge in [-0.05, 0) is 30.9 Å². The molecule has 1 aromatic heterocycles. The van der Waals surface area contributed by atoms with Gasteiger partial charge in [-0.1, -0.05) is 18.2 Å². The zero-order valence-corrected chi connectivity index (χ0v) is 20.2. The molecule has 11 nitrogen and oxygen atoms in total. The van der Waals surface area contributed by atoms with Crippen LogP contribution in [0.3, 0.4) is 0 Å². The van der Waals surface area contributed by atoms with Gasteiger partial charge in [0.15, 0.2) is 0 Å². The number of urea groups is 1. The van der Waals surface area contributed by atoms with Crippen molar-refractivity contribution in [1.82, 2.24) is 9.88 Å². The van der Waals surface area contributed by atoms with E-state index in [9.17, 15) is 24.0 Å². The number of fused-ring (bicyclic) bond motifs is 1. The maximum absolute atomic E-state index is 12.9. The lowest BCUT2D eigenvalue weighted by Gasteiger charge is -2.51. The van der Waals surface area contributed by atoms with Gasteiger partial charge in [-0.25, -0.2) is 15.0 Å². The fourth-order valence-electron chi connectivity index (χ4n) is 5.11. The first-order valence-corrected chi connectivity index (χ1v) is 13.7. The molecule has 2 saturated heterocycles. The van der Waals surface area contributed by atoms with Gasteiger partial charge >= 0.3 is 11.7 Å². The van der Waals surface area contributed by atoms with Crippen molar-refractivity contribution in [2.45, 2.75) is 25.3 Å². The predicted octanol–water partition coefficient (Wildman–Crippen LogP) is 3.17. The summed E-state index contributed by atoms with van der Waals surface area (Å²) in [6.07, 6.45) is 3.72. The summed E-state index contributed by atoms with van der Waals surface area (Å²) >= 11 is 0. The van der Waals surface area contributed by atoms with E-state index in [1.54, 1.807) is 6.07 Å². The summed E-state index contributed by atoms with van der Waals surface area (Å²) in [4.78, 5) is 34.7. The van der Waals surface area contributed by atoms with Crippen molar-refractivity contribution in [3.63, 3.8) is 0 Å². The van der Waals surface area contributed by atoms with Gasteiger partial charge in [-0.3, -0.25) is 0 Å². The molecular weight excluding hydrogens is 472 g/mol. The number of pyridine rings is 1. The molecule has 2 amide bonds. The molecular formula is C23H30N6O5S. The quantitative estimate of drug-likeness (QED) is 0.543. The Morgan fingerprint density at radius 3 is 2.51 bits per heavy atom. The molecule has 3 N–H and O–H groups in total. The second kappa shape index (κ2) is 9.51. The first kappa shape index (κ1) is 23.6. The molecule has 2 aromatic rings. The number of nitrogens with one attached hydrogen (secondary N) is 1. The number of carbonyl (C=O) groups excluding carboxylic acids is 1. The standard InChI is InChI=1S/C23H30N6O5S/c30-23-25-19-4-2-1-3-17(19)5-10-28(23)18-6-8-27(9-7-18)22-15-20(21(16-24-22)29(31)32)26-11-13-35(33,34)14-12-26/h1-4,15-16,18H,5-14H2,(H3-,25,30,31,32,33,34). The number of amides is 2. The monoisotopic (exact) mass is 502 g/mol. The molecule has 4 heterocycles.